The van der Waals surface area contributed by atoms with Crippen molar-refractivity contribution in [3.8, 4) is 11.5 Å². The van der Waals surface area contributed by atoms with Crippen LogP contribution in [0, 0.1) is 0 Å². The zero-order chi connectivity index (χ0) is 17.1. The van der Waals surface area contributed by atoms with Crippen LogP contribution < -0.4 is 20.1 Å². The Morgan fingerprint density at radius 1 is 1.21 bits per heavy atom. The van der Waals surface area contributed by atoms with Gasteiger partial charge >= 0.3 is 0 Å². The number of anilines is 1. The topological polar surface area (TPSA) is 59.6 Å². The van der Waals surface area contributed by atoms with E-state index in [1.54, 1.807) is 19.2 Å². The van der Waals surface area contributed by atoms with E-state index in [9.17, 15) is 4.79 Å². The summed E-state index contributed by atoms with van der Waals surface area (Å²) in [4.78, 5) is 12.3. The Morgan fingerprint density at radius 3 is 2.75 bits per heavy atom. The predicted octanol–water partition coefficient (Wildman–Crippen LogP) is 3.99. The maximum atomic E-state index is 12.3. The molecule has 5 nitrogen and oxygen atoms in total. The maximum absolute atomic E-state index is 12.3. The van der Waals surface area contributed by atoms with Crippen LogP contribution in [0.3, 0.4) is 0 Å². The SMILES string of the molecule is CCCOc1c(Cl)cc(C2NC(=O)c3ccccc3N2)cc1OC. The molecule has 2 N–H and O–H groups in total. The molecule has 0 aromatic heterocycles. The number of benzene rings is 2. The van der Waals surface area contributed by atoms with Crippen molar-refractivity contribution in [2.75, 3.05) is 19.0 Å². The van der Waals surface area contributed by atoms with E-state index in [1.807, 2.05) is 31.2 Å². The summed E-state index contributed by atoms with van der Waals surface area (Å²) in [5.74, 6) is 0.934. The van der Waals surface area contributed by atoms with Gasteiger partial charge in [0.15, 0.2) is 11.5 Å². The van der Waals surface area contributed by atoms with Crippen molar-refractivity contribution in [2.45, 2.75) is 19.5 Å². The van der Waals surface area contributed by atoms with E-state index in [0.29, 0.717) is 28.7 Å². The molecule has 1 amide bonds. The van der Waals surface area contributed by atoms with Gasteiger partial charge in [0.25, 0.3) is 5.91 Å². The van der Waals surface area contributed by atoms with Crippen molar-refractivity contribution in [1.82, 2.24) is 5.32 Å². The van der Waals surface area contributed by atoms with Gasteiger partial charge in [-0.3, -0.25) is 4.79 Å². The number of rotatable bonds is 5. The summed E-state index contributed by atoms with van der Waals surface area (Å²) in [6.45, 7) is 2.58. The largest absolute Gasteiger partial charge is 0.493 e. The fraction of sp³-hybridized carbons (Fsp3) is 0.278. The lowest BCUT2D eigenvalue weighted by molar-refractivity contribution is 0.0935. The van der Waals surface area contributed by atoms with Gasteiger partial charge in [-0.05, 0) is 36.2 Å². The fourth-order valence-electron chi connectivity index (χ4n) is 2.62. The summed E-state index contributed by atoms with van der Waals surface area (Å²) in [7, 11) is 1.57. The molecular formula is C18H19ClN2O3. The van der Waals surface area contributed by atoms with Gasteiger partial charge in [0, 0.05) is 5.69 Å². The van der Waals surface area contributed by atoms with Gasteiger partial charge in [-0.15, -0.1) is 0 Å². The number of hydrogen-bond donors (Lipinski definition) is 2. The smallest absolute Gasteiger partial charge is 0.255 e. The maximum Gasteiger partial charge on any atom is 0.255 e. The van der Waals surface area contributed by atoms with E-state index in [2.05, 4.69) is 10.6 Å². The Labute approximate surface area is 145 Å². The number of nitrogens with one attached hydrogen (secondary N) is 2. The molecule has 0 spiro atoms. The van der Waals surface area contributed by atoms with Gasteiger partial charge in [-0.25, -0.2) is 0 Å². The molecule has 1 aliphatic rings. The van der Waals surface area contributed by atoms with Crippen LogP contribution in [0.25, 0.3) is 0 Å². The first-order chi connectivity index (χ1) is 11.6. The van der Waals surface area contributed by atoms with Crippen LogP contribution in [0.2, 0.25) is 5.02 Å². The first-order valence-electron chi connectivity index (χ1n) is 7.80. The molecule has 0 saturated carbocycles. The van der Waals surface area contributed by atoms with Crippen molar-refractivity contribution in [3.05, 3.63) is 52.5 Å². The van der Waals surface area contributed by atoms with Crippen LogP contribution in [-0.4, -0.2) is 19.6 Å². The molecule has 0 bridgehead atoms. The zero-order valence-corrected chi connectivity index (χ0v) is 14.3. The van der Waals surface area contributed by atoms with Gasteiger partial charge in [-0.1, -0.05) is 30.7 Å². The van der Waals surface area contributed by atoms with Gasteiger partial charge < -0.3 is 20.1 Å². The summed E-state index contributed by atoms with van der Waals surface area (Å²) in [6, 6.07) is 11.0. The molecule has 0 aliphatic carbocycles. The number of methoxy groups -OCH3 is 1. The highest BCUT2D eigenvalue weighted by Crippen LogP contribution is 2.39. The number of hydrogen-bond acceptors (Lipinski definition) is 4. The van der Waals surface area contributed by atoms with Crippen LogP contribution >= 0.6 is 11.6 Å². The second-order valence-electron chi connectivity index (χ2n) is 5.48. The Hall–Kier alpha value is -2.40. The molecule has 1 unspecified atom stereocenters. The van der Waals surface area contributed by atoms with Crippen LogP contribution in [0.15, 0.2) is 36.4 Å². The Kier molecular flexibility index (Phi) is 4.81. The van der Waals surface area contributed by atoms with E-state index in [1.165, 1.54) is 0 Å². The molecule has 2 aromatic carbocycles. The third-order valence-corrected chi connectivity index (χ3v) is 4.06. The van der Waals surface area contributed by atoms with Gasteiger partial charge in [0.05, 0.1) is 24.3 Å². The monoisotopic (exact) mass is 346 g/mol. The number of para-hydroxylation sites is 1. The molecule has 3 rings (SSSR count). The Balaban J connectivity index is 1.93. The van der Waals surface area contributed by atoms with Crippen molar-refractivity contribution < 1.29 is 14.3 Å². The molecule has 24 heavy (non-hydrogen) atoms. The zero-order valence-electron chi connectivity index (χ0n) is 13.6. The van der Waals surface area contributed by atoms with Crippen LogP contribution in [-0.2, 0) is 0 Å². The molecule has 0 saturated heterocycles. The average Bonchev–Trinajstić information content (AvgIpc) is 2.60. The van der Waals surface area contributed by atoms with Crippen LogP contribution in [0.4, 0.5) is 5.69 Å². The summed E-state index contributed by atoms with van der Waals surface area (Å²) < 4.78 is 11.1. The highest BCUT2D eigenvalue weighted by atomic mass is 35.5. The van der Waals surface area contributed by atoms with E-state index in [0.717, 1.165) is 17.7 Å². The minimum Gasteiger partial charge on any atom is -0.493 e. The average molecular weight is 347 g/mol. The summed E-state index contributed by atoms with van der Waals surface area (Å²) >= 11 is 6.36. The molecule has 2 aromatic rings. The molecule has 6 heteroatoms. The van der Waals surface area contributed by atoms with Crippen molar-refractivity contribution >= 4 is 23.2 Å². The molecule has 0 fully saturated rings. The summed E-state index contributed by atoms with van der Waals surface area (Å²) in [6.07, 6.45) is 0.483. The second kappa shape index (κ2) is 7.01. The second-order valence-corrected chi connectivity index (χ2v) is 5.89. The fourth-order valence-corrected chi connectivity index (χ4v) is 2.90. The number of ether oxygens (including phenoxy) is 2. The van der Waals surface area contributed by atoms with Gasteiger partial charge in [0.1, 0.15) is 6.17 Å². The Morgan fingerprint density at radius 2 is 2.00 bits per heavy atom. The lowest BCUT2D eigenvalue weighted by atomic mass is 10.1. The van der Waals surface area contributed by atoms with Crippen molar-refractivity contribution in [1.29, 1.82) is 0 Å². The van der Waals surface area contributed by atoms with Crippen LogP contribution in [0.1, 0.15) is 35.4 Å². The van der Waals surface area contributed by atoms with Crippen LogP contribution in [0.5, 0.6) is 11.5 Å². The van der Waals surface area contributed by atoms with E-state index >= 15 is 0 Å². The lowest BCUT2D eigenvalue weighted by Crippen LogP contribution is -2.38. The van der Waals surface area contributed by atoms with Gasteiger partial charge in [0.2, 0.25) is 0 Å². The summed E-state index contributed by atoms with van der Waals surface area (Å²) in [5.41, 5.74) is 2.20. The standard InChI is InChI=1S/C18H19ClN2O3/c1-3-8-24-16-13(19)9-11(10-15(16)23-2)17-20-14-7-5-4-6-12(14)18(22)21-17/h4-7,9-10,17,20H,3,8H2,1-2H3,(H,21,22). The third-order valence-electron chi connectivity index (χ3n) is 3.78. The highest BCUT2D eigenvalue weighted by Gasteiger charge is 2.26. The number of halogens is 1. The quantitative estimate of drug-likeness (QED) is 0.859. The van der Waals surface area contributed by atoms with E-state index < -0.39 is 0 Å². The Bertz CT molecular complexity index is 764. The van der Waals surface area contributed by atoms with Gasteiger partial charge in [-0.2, -0.15) is 0 Å². The van der Waals surface area contributed by atoms with E-state index in [4.69, 9.17) is 21.1 Å². The molecule has 1 atom stereocenters. The lowest BCUT2D eigenvalue weighted by Gasteiger charge is -2.28. The molecule has 1 aliphatic heterocycles. The predicted molar refractivity (Wildman–Crippen MR) is 94.1 cm³/mol. The van der Waals surface area contributed by atoms with Crippen molar-refractivity contribution in [3.63, 3.8) is 0 Å². The first kappa shape index (κ1) is 16.5. The molecule has 0 radical (unpaired) electrons. The van der Waals surface area contributed by atoms with E-state index in [-0.39, 0.29) is 12.1 Å². The number of carbonyl (C=O) groups is 1. The molecule has 126 valence electrons. The molecule has 1 heterocycles. The summed E-state index contributed by atoms with van der Waals surface area (Å²) in [5, 5.41) is 6.67. The van der Waals surface area contributed by atoms with Crippen molar-refractivity contribution in [2.24, 2.45) is 0 Å². The normalized spacial score (nSPS) is 16.0. The number of fused-ring (bicyclic) bond motifs is 1. The minimum atomic E-state index is -0.390. The number of carbonyl (C=O) groups excluding carboxylic acids is 1. The minimum absolute atomic E-state index is 0.129. The number of amides is 1. The molecular weight excluding hydrogens is 328 g/mol. The third kappa shape index (κ3) is 3.12. The highest BCUT2D eigenvalue weighted by molar-refractivity contribution is 6.32. The first-order valence-corrected chi connectivity index (χ1v) is 8.18.